The number of likely N-dealkylation sites (tertiary alicyclic amines) is 1. The minimum atomic E-state index is -0.303. The molecule has 2 fully saturated rings. The Morgan fingerprint density at radius 2 is 2.21 bits per heavy atom. The number of aromatic nitrogens is 3. The second-order valence-corrected chi connectivity index (χ2v) is 6.57. The fourth-order valence-electron chi connectivity index (χ4n) is 3.90. The summed E-state index contributed by atoms with van der Waals surface area (Å²) in [5, 5.41) is 17.2. The number of hydrogen-bond acceptors (Lipinski definition) is 5. The summed E-state index contributed by atoms with van der Waals surface area (Å²) in [7, 11) is 0. The molecule has 24 heavy (non-hydrogen) atoms. The van der Waals surface area contributed by atoms with Crippen LogP contribution in [0.3, 0.4) is 0 Å². The van der Waals surface area contributed by atoms with E-state index in [0.717, 1.165) is 25.2 Å². The van der Waals surface area contributed by atoms with E-state index in [0.29, 0.717) is 32.7 Å². The van der Waals surface area contributed by atoms with Gasteiger partial charge in [0.2, 0.25) is 0 Å². The highest BCUT2D eigenvalue weighted by Gasteiger charge is 2.56. The minimum absolute atomic E-state index is 0.0859. The van der Waals surface area contributed by atoms with Crippen LogP contribution >= 0.6 is 0 Å². The zero-order valence-corrected chi connectivity index (χ0v) is 14.4. The average molecular weight is 337 g/mol. The van der Waals surface area contributed by atoms with Gasteiger partial charge in [-0.25, -0.2) is 14.5 Å². The molecule has 2 N–H and O–H groups in total. The van der Waals surface area contributed by atoms with Crippen molar-refractivity contribution in [1.29, 1.82) is 0 Å². The lowest BCUT2D eigenvalue weighted by molar-refractivity contribution is -0.207. The molecule has 8 nitrogen and oxygen atoms in total. The summed E-state index contributed by atoms with van der Waals surface area (Å²) in [6.07, 6.45) is 3.62. The molecule has 2 atom stereocenters. The molecule has 1 aliphatic carbocycles. The average Bonchev–Trinajstić information content (AvgIpc) is 3.07. The van der Waals surface area contributed by atoms with Gasteiger partial charge in [0.15, 0.2) is 0 Å². The summed E-state index contributed by atoms with van der Waals surface area (Å²) < 4.78 is 7.53. The van der Waals surface area contributed by atoms with E-state index in [4.69, 9.17) is 4.74 Å². The van der Waals surface area contributed by atoms with Crippen LogP contribution < -0.4 is 5.32 Å². The first-order chi connectivity index (χ1) is 11.6. The van der Waals surface area contributed by atoms with E-state index in [-0.39, 0.29) is 23.7 Å². The maximum atomic E-state index is 12.4. The van der Waals surface area contributed by atoms with Crippen molar-refractivity contribution in [2.75, 3.05) is 19.7 Å². The number of aliphatic hydroxyl groups excluding tert-OH is 1. The number of carbonyl (C=O) groups excluding carboxylic acids is 1. The van der Waals surface area contributed by atoms with Crippen molar-refractivity contribution in [3.05, 3.63) is 12.2 Å². The number of amides is 2. The number of carbonyl (C=O) groups is 1. The van der Waals surface area contributed by atoms with Gasteiger partial charge in [-0.3, -0.25) is 0 Å². The van der Waals surface area contributed by atoms with Crippen LogP contribution in [0.15, 0.2) is 6.33 Å². The quantitative estimate of drug-likeness (QED) is 0.827. The molecule has 0 aromatic carbocycles. The first-order valence-electron chi connectivity index (χ1n) is 8.79. The van der Waals surface area contributed by atoms with Crippen LogP contribution in [-0.2, 0) is 17.8 Å². The summed E-state index contributed by atoms with van der Waals surface area (Å²) in [5.41, 5.74) is -0.158. The second-order valence-electron chi connectivity index (χ2n) is 6.57. The monoisotopic (exact) mass is 337 g/mol. The highest BCUT2D eigenvalue weighted by atomic mass is 16.5. The topological polar surface area (TPSA) is 92.5 Å². The summed E-state index contributed by atoms with van der Waals surface area (Å²) in [6, 6.07) is -0.0859. The molecule has 134 valence electrons. The van der Waals surface area contributed by atoms with Gasteiger partial charge in [0.1, 0.15) is 12.2 Å². The number of nitrogens with one attached hydrogen (secondary N) is 1. The highest BCUT2D eigenvalue weighted by Crippen LogP contribution is 2.50. The lowest BCUT2D eigenvalue weighted by atomic mass is 9.58. The van der Waals surface area contributed by atoms with Crippen LogP contribution in [0.25, 0.3) is 0 Å². The van der Waals surface area contributed by atoms with Crippen LogP contribution in [0.5, 0.6) is 0 Å². The lowest BCUT2D eigenvalue weighted by Crippen LogP contribution is -2.63. The van der Waals surface area contributed by atoms with Gasteiger partial charge in [0, 0.05) is 38.1 Å². The molecule has 1 aliphatic heterocycles. The Morgan fingerprint density at radius 3 is 2.83 bits per heavy atom. The van der Waals surface area contributed by atoms with Gasteiger partial charge >= 0.3 is 6.03 Å². The third-order valence-corrected chi connectivity index (χ3v) is 5.48. The maximum absolute atomic E-state index is 12.4. The number of piperidine rings is 1. The number of aryl methyl sites for hydroxylation is 1. The molecule has 1 saturated heterocycles. The van der Waals surface area contributed by atoms with Gasteiger partial charge in [0.05, 0.1) is 18.8 Å². The number of nitrogens with zero attached hydrogens (tertiary/aromatic N) is 4. The van der Waals surface area contributed by atoms with E-state index in [1.165, 1.54) is 6.33 Å². The van der Waals surface area contributed by atoms with Crippen LogP contribution in [-0.4, -0.2) is 62.7 Å². The Morgan fingerprint density at radius 1 is 1.46 bits per heavy atom. The van der Waals surface area contributed by atoms with Crippen LogP contribution in [0.4, 0.5) is 4.79 Å². The van der Waals surface area contributed by atoms with Crippen LogP contribution in [0.1, 0.15) is 38.9 Å². The van der Waals surface area contributed by atoms with Crippen molar-refractivity contribution in [3.63, 3.8) is 0 Å². The molecule has 3 rings (SSSR count). The van der Waals surface area contributed by atoms with Gasteiger partial charge < -0.3 is 20.1 Å². The molecule has 2 heterocycles. The summed E-state index contributed by atoms with van der Waals surface area (Å²) in [5.74, 6) is 0.755. The Bertz CT molecular complexity index is 566. The zero-order valence-electron chi connectivity index (χ0n) is 14.4. The Hall–Kier alpha value is -1.67. The molecule has 1 spiro atoms. The Kier molecular flexibility index (Phi) is 5.05. The fourth-order valence-corrected chi connectivity index (χ4v) is 3.90. The van der Waals surface area contributed by atoms with Crippen molar-refractivity contribution in [2.45, 2.75) is 58.4 Å². The summed E-state index contributed by atoms with van der Waals surface area (Å²) >= 11 is 0. The third kappa shape index (κ3) is 3.00. The van der Waals surface area contributed by atoms with Crippen LogP contribution in [0, 0.1) is 5.41 Å². The van der Waals surface area contributed by atoms with Crippen molar-refractivity contribution in [3.8, 4) is 0 Å². The van der Waals surface area contributed by atoms with Crippen molar-refractivity contribution < 1.29 is 14.6 Å². The molecule has 2 unspecified atom stereocenters. The van der Waals surface area contributed by atoms with Gasteiger partial charge in [-0.1, -0.05) is 0 Å². The van der Waals surface area contributed by atoms with Crippen molar-refractivity contribution in [1.82, 2.24) is 25.0 Å². The summed E-state index contributed by atoms with van der Waals surface area (Å²) in [6.45, 7) is 7.03. The van der Waals surface area contributed by atoms with E-state index in [1.54, 1.807) is 4.68 Å². The molecule has 2 aliphatic rings. The SMILES string of the molecule is CCOC1CC(O)C12CCN(C(=O)NCc1ncnn1CC)CC2. The van der Waals surface area contributed by atoms with Gasteiger partial charge in [-0.2, -0.15) is 5.10 Å². The first kappa shape index (κ1) is 17.2. The minimum Gasteiger partial charge on any atom is -0.392 e. The summed E-state index contributed by atoms with van der Waals surface area (Å²) in [4.78, 5) is 18.3. The molecule has 1 aromatic heterocycles. The fraction of sp³-hybridized carbons (Fsp3) is 0.812. The predicted octanol–water partition coefficient (Wildman–Crippen LogP) is 0.759. The number of ether oxygens (including phenoxy) is 1. The number of aliphatic hydroxyl groups is 1. The smallest absolute Gasteiger partial charge is 0.317 e. The zero-order chi connectivity index (χ0) is 17.2. The predicted molar refractivity (Wildman–Crippen MR) is 87.2 cm³/mol. The Balaban J connectivity index is 1.50. The third-order valence-electron chi connectivity index (χ3n) is 5.48. The second kappa shape index (κ2) is 7.06. The van der Waals surface area contributed by atoms with Gasteiger partial charge in [0.25, 0.3) is 0 Å². The normalized spacial score (nSPS) is 25.5. The van der Waals surface area contributed by atoms with Crippen molar-refractivity contribution in [2.24, 2.45) is 5.41 Å². The first-order valence-corrected chi connectivity index (χ1v) is 8.79. The molecule has 8 heteroatoms. The molecule has 0 bridgehead atoms. The molecule has 0 radical (unpaired) electrons. The lowest BCUT2D eigenvalue weighted by Gasteiger charge is -2.56. The highest BCUT2D eigenvalue weighted by molar-refractivity contribution is 5.74. The molecular weight excluding hydrogens is 310 g/mol. The van der Waals surface area contributed by atoms with Crippen molar-refractivity contribution >= 4 is 6.03 Å². The number of hydrogen-bond donors (Lipinski definition) is 2. The molecule has 1 saturated carbocycles. The van der Waals surface area contributed by atoms with E-state index in [1.807, 2.05) is 18.7 Å². The number of rotatable bonds is 5. The van der Waals surface area contributed by atoms with E-state index < -0.39 is 0 Å². The number of urea groups is 1. The van der Waals surface area contributed by atoms with E-state index in [2.05, 4.69) is 15.4 Å². The van der Waals surface area contributed by atoms with Crippen LogP contribution in [0.2, 0.25) is 0 Å². The largest absolute Gasteiger partial charge is 0.392 e. The van der Waals surface area contributed by atoms with E-state index in [9.17, 15) is 9.90 Å². The Labute approximate surface area is 142 Å². The van der Waals surface area contributed by atoms with Gasteiger partial charge in [-0.05, 0) is 26.7 Å². The molecule has 2 amide bonds. The molecule has 1 aromatic rings. The standard InChI is InChI=1S/C16H27N5O3/c1-3-21-14(18-11-19-21)10-17-15(23)20-7-5-16(6-8-20)12(22)9-13(16)24-4-2/h11-13,22H,3-10H2,1-2H3,(H,17,23). The van der Waals surface area contributed by atoms with Gasteiger partial charge in [-0.15, -0.1) is 0 Å². The molecular formula is C16H27N5O3. The van der Waals surface area contributed by atoms with E-state index >= 15 is 0 Å². The maximum Gasteiger partial charge on any atom is 0.317 e.